The number of carbonyl (C=O) groups excluding carboxylic acids is 2. The largest absolute Gasteiger partial charge is 0.465 e. The van der Waals surface area contributed by atoms with E-state index in [1.807, 2.05) is 80.9 Å². The summed E-state index contributed by atoms with van der Waals surface area (Å²) in [5.41, 5.74) is 5.26. The Labute approximate surface area is 203 Å². The first-order chi connectivity index (χ1) is 16.3. The summed E-state index contributed by atoms with van der Waals surface area (Å²) in [4.78, 5) is 30.1. The number of hydrogen-bond donors (Lipinski definition) is 1. The van der Waals surface area contributed by atoms with Crippen molar-refractivity contribution in [3.8, 4) is 5.69 Å². The van der Waals surface area contributed by atoms with Crippen LogP contribution in [0.2, 0.25) is 0 Å². The van der Waals surface area contributed by atoms with Gasteiger partial charge in [-0.25, -0.2) is 4.98 Å². The summed E-state index contributed by atoms with van der Waals surface area (Å²) < 4.78 is 7.40. The number of hydrogen-bond acceptors (Lipinski definition) is 5. The van der Waals surface area contributed by atoms with Gasteiger partial charge >= 0.3 is 0 Å². The van der Waals surface area contributed by atoms with E-state index in [0.717, 1.165) is 33.7 Å². The first kappa shape index (κ1) is 23.6. The molecule has 2 heterocycles. The first-order valence-electron chi connectivity index (χ1n) is 11.0. The normalized spacial score (nSPS) is 10.9. The molecule has 174 valence electrons. The number of Topliss-reactive ketones (excluding diaryl/α,β-unsaturated/α-hetero) is 1. The molecule has 0 aliphatic carbocycles. The second kappa shape index (κ2) is 10.1. The molecule has 0 bridgehead atoms. The van der Waals surface area contributed by atoms with Crippen molar-refractivity contribution in [2.24, 2.45) is 0 Å². The van der Waals surface area contributed by atoms with Crippen molar-refractivity contribution in [2.75, 3.05) is 5.75 Å². The van der Waals surface area contributed by atoms with Crippen LogP contribution < -0.4 is 5.32 Å². The van der Waals surface area contributed by atoms with Crippen LogP contribution in [-0.4, -0.2) is 27.0 Å². The zero-order chi connectivity index (χ0) is 24.2. The molecule has 0 atom stereocenters. The minimum atomic E-state index is -0.189. The zero-order valence-corrected chi connectivity index (χ0v) is 20.5. The summed E-state index contributed by atoms with van der Waals surface area (Å²) in [6, 6.07) is 15.1. The second-order valence-corrected chi connectivity index (χ2v) is 9.25. The predicted molar refractivity (Wildman–Crippen MR) is 134 cm³/mol. The Morgan fingerprint density at radius 1 is 1.03 bits per heavy atom. The number of rotatable bonds is 8. The minimum Gasteiger partial charge on any atom is -0.465 e. The van der Waals surface area contributed by atoms with Gasteiger partial charge in [0.1, 0.15) is 11.5 Å². The van der Waals surface area contributed by atoms with Crippen LogP contribution in [0.5, 0.6) is 0 Å². The maximum absolute atomic E-state index is 13.0. The molecule has 6 nitrogen and oxygen atoms in total. The Morgan fingerprint density at radius 3 is 2.50 bits per heavy atom. The summed E-state index contributed by atoms with van der Waals surface area (Å²) in [5.74, 6) is 1.69. The molecular formula is C27H27N3O3S. The highest BCUT2D eigenvalue weighted by Gasteiger charge is 2.16. The Morgan fingerprint density at radius 2 is 1.79 bits per heavy atom. The molecule has 0 saturated heterocycles. The summed E-state index contributed by atoms with van der Waals surface area (Å²) in [5, 5.41) is 3.57. The lowest BCUT2D eigenvalue weighted by atomic mass is 9.97. The van der Waals surface area contributed by atoms with Crippen molar-refractivity contribution in [1.29, 1.82) is 0 Å². The van der Waals surface area contributed by atoms with Gasteiger partial charge in [0.15, 0.2) is 10.9 Å². The van der Waals surface area contributed by atoms with Crippen molar-refractivity contribution < 1.29 is 14.0 Å². The summed E-state index contributed by atoms with van der Waals surface area (Å²) in [6.45, 7) is 8.17. The number of imidazole rings is 1. The number of carbonyl (C=O) groups is 2. The number of aryl methyl sites for hydroxylation is 4. The van der Waals surface area contributed by atoms with Crippen LogP contribution in [0.3, 0.4) is 0 Å². The molecule has 0 aliphatic rings. The van der Waals surface area contributed by atoms with E-state index >= 15 is 0 Å². The van der Waals surface area contributed by atoms with Crippen LogP contribution in [0.15, 0.2) is 70.5 Å². The lowest BCUT2D eigenvalue weighted by Gasteiger charge is -2.11. The number of amides is 1. The Kier molecular flexibility index (Phi) is 7.03. The van der Waals surface area contributed by atoms with Crippen LogP contribution in [0.1, 0.15) is 48.9 Å². The molecule has 0 saturated carbocycles. The van der Waals surface area contributed by atoms with Gasteiger partial charge in [-0.3, -0.25) is 14.2 Å². The first-order valence-corrected chi connectivity index (χ1v) is 12.0. The van der Waals surface area contributed by atoms with Gasteiger partial charge in [-0.15, -0.1) is 0 Å². The molecule has 0 aliphatic heterocycles. The van der Waals surface area contributed by atoms with Gasteiger partial charge in [0.2, 0.25) is 0 Å². The van der Waals surface area contributed by atoms with Crippen LogP contribution >= 0.6 is 11.8 Å². The standard InChI is InChI=1S/C27H27N3O3S/c1-17-12-18(2)25(19(3)13-17)24(31)16-34-27-28-10-11-30(27)22-7-5-6-21(14-22)26(32)29-15-23-9-8-20(4)33-23/h5-14H,15-16H2,1-4H3,(H,29,32). The summed E-state index contributed by atoms with van der Waals surface area (Å²) in [6.07, 6.45) is 3.53. The Bertz CT molecular complexity index is 1330. The number of ketones is 1. The summed E-state index contributed by atoms with van der Waals surface area (Å²) >= 11 is 1.39. The molecule has 34 heavy (non-hydrogen) atoms. The van der Waals surface area contributed by atoms with Crippen molar-refractivity contribution in [1.82, 2.24) is 14.9 Å². The van der Waals surface area contributed by atoms with Crippen molar-refractivity contribution in [3.63, 3.8) is 0 Å². The molecular weight excluding hydrogens is 446 g/mol. The predicted octanol–water partition coefficient (Wildman–Crippen LogP) is 5.60. The molecule has 0 unspecified atom stereocenters. The fourth-order valence-corrected chi connectivity index (χ4v) is 4.91. The van der Waals surface area contributed by atoms with Crippen LogP contribution in [0.4, 0.5) is 0 Å². The molecule has 0 fully saturated rings. The van der Waals surface area contributed by atoms with Crippen LogP contribution in [-0.2, 0) is 6.54 Å². The number of aromatic nitrogens is 2. The van der Waals surface area contributed by atoms with E-state index < -0.39 is 0 Å². The molecule has 2 aromatic heterocycles. The maximum Gasteiger partial charge on any atom is 0.251 e. The smallest absolute Gasteiger partial charge is 0.251 e. The van der Waals surface area contributed by atoms with Crippen molar-refractivity contribution in [3.05, 3.63) is 100 Å². The van der Waals surface area contributed by atoms with Crippen LogP contribution in [0, 0.1) is 27.7 Å². The lowest BCUT2D eigenvalue weighted by molar-refractivity contribution is 0.0947. The Hall–Kier alpha value is -3.58. The van der Waals surface area contributed by atoms with Gasteiger partial charge in [-0.1, -0.05) is 35.5 Å². The second-order valence-electron chi connectivity index (χ2n) is 8.31. The molecule has 2 aromatic carbocycles. The average molecular weight is 474 g/mol. The third-order valence-electron chi connectivity index (χ3n) is 5.50. The number of nitrogens with zero attached hydrogens (tertiary/aromatic N) is 2. The van der Waals surface area contributed by atoms with Gasteiger partial charge < -0.3 is 9.73 Å². The molecule has 4 aromatic rings. The topological polar surface area (TPSA) is 77.1 Å². The molecule has 1 amide bonds. The van der Waals surface area contributed by atoms with Crippen molar-refractivity contribution >= 4 is 23.5 Å². The van der Waals surface area contributed by atoms with E-state index in [1.54, 1.807) is 12.3 Å². The van der Waals surface area contributed by atoms with E-state index in [2.05, 4.69) is 10.3 Å². The fourth-order valence-electron chi connectivity index (χ4n) is 4.06. The lowest BCUT2D eigenvalue weighted by Crippen LogP contribution is -2.22. The minimum absolute atomic E-state index is 0.0795. The Balaban J connectivity index is 1.46. The molecule has 4 rings (SSSR count). The third-order valence-corrected chi connectivity index (χ3v) is 6.47. The molecule has 0 spiro atoms. The highest BCUT2D eigenvalue weighted by molar-refractivity contribution is 7.99. The van der Waals surface area contributed by atoms with E-state index in [9.17, 15) is 9.59 Å². The van der Waals surface area contributed by atoms with Crippen molar-refractivity contribution in [2.45, 2.75) is 39.4 Å². The highest BCUT2D eigenvalue weighted by Crippen LogP contribution is 2.24. The van der Waals surface area contributed by atoms with Gasteiger partial charge in [0.05, 0.1) is 12.3 Å². The number of benzene rings is 2. The highest BCUT2D eigenvalue weighted by atomic mass is 32.2. The van der Waals surface area contributed by atoms with E-state index in [4.69, 9.17) is 4.42 Å². The third kappa shape index (κ3) is 5.31. The molecule has 1 N–H and O–H groups in total. The quantitative estimate of drug-likeness (QED) is 0.266. The monoisotopic (exact) mass is 473 g/mol. The van der Waals surface area contributed by atoms with Gasteiger partial charge in [-0.05, 0) is 69.2 Å². The number of thioether (sulfide) groups is 1. The van der Waals surface area contributed by atoms with E-state index in [1.165, 1.54) is 11.8 Å². The van der Waals surface area contributed by atoms with Gasteiger partial charge in [0, 0.05) is 29.2 Å². The van der Waals surface area contributed by atoms with E-state index in [-0.39, 0.29) is 17.4 Å². The zero-order valence-electron chi connectivity index (χ0n) is 19.7. The number of nitrogens with one attached hydrogen (secondary N) is 1. The van der Waals surface area contributed by atoms with Crippen LogP contribution in [0.25, 0.3) is 5.69 Å². The fraction of sp³-hybridized carbons (Fsp3) is 0.222. The summed E-state index contributed by atoms with van der Waals surface area (Å²) in [7, 11) is 0. The maximum atomic E-state index is 13.0. The molecule has 7 heteroatoms. The van der Waals surface area contributed by atoms with Gasteiger partial charge in [-0.2, -0.15) is 0 Å². The van der Waals surface area contributed by atoms with Gasteiger partial charge in [0.25, 0.3) is 5.91 Å². The van der Waals surface area contributed by atoms with E-state index in [0.29, 0.717) is 23.0 Å². The SMILES string of the molecule is Cc1cc(C)c(C(=O)CSc2nccn2-c2cccc(C(=O)NCc3ccc(C)o3)c2)c(C)c1. The number of furan rings is 1. The molecule has 0 radical (unpaired) electrons. The average Bonchev–Trinajstić information content (AvgIpc) is 3.44.